The smallest absolute Gasteiger partial charge is 0.420 e. The summed E-state index contributed by atoms with van der Waals surface area (Å²) in [6.07, 6.45) is -3.83. The van der Waals surface area contributed by atoms with Crippen molar-refractivity contribution in [3.8, 4) is 0 Å². The van der Waals surface area contributed by atoms with Gasteiger partial charge in [-0.3, -0.25) is 4.79 Å². The predicted molar refractivity (Wildman–Crippen MR) is 95.8 cm³/mol. The van der Waals surface area contributed by atoms with E-state index < -0.39 is 47.9 Å². The number of carbonyl (C=O) groups is 3. The molecule has 2 atom stereocenters. The molecule has 0 fully saturated rings. The van der Waals surface area contributed by atoms with E-state index in [-0.39, 0.29) is 12.3 Å². The summed E-state index contributed by atoms with van der Waals surface area (Å²) >= 11 is 0. The zero-order valence-electron chi connectivity index (χ0n) is 17.0. The number of aliphatic hydroxyl groups excluding tert-OH is 1. The largest absolute Gasteiger partial charge is 0.481 e. The van der Waals surface area contributed by atoms with Gasteiger partial charge in [-0.2, -0.15) is 0 Å². The molecular weight excluding hydrogens is 342 g/mol. The number of aliphatic hydroxyl groups is 1. The zero-order chi connectivity index (χ0) is 20.9. The number of hydrogen-bond acceptors (Lipinski definition) is 6. The van der Waals surface area contributed by atoms with E-state index in [0.717, 1.165) is 0 Å². The normalized spacial score (nSPS) is 14.5. The van der Waals surface area contributed by atoms with Gasteiger partial charge in [0.05, 0.1) is 18.6 Å². The highest BCUT2D eigenvalue weighted by molar-refractivity contribution is 5.88. The Hall–Kier alpha value is -1.83. The molecule has 0 aromatic rings. The standard InChI is InChI=1S/C18H33NO7/c1-11(2)9-12(13(20)10-14(21)22)19(15(23)25-17(3,4)5)16(24)26-18(6,7)8/h11-13,20H,9-10H2,1-8H3,(H,21,22)/t12-,13-/m0/s1. The molecule has 0 heterocycles. The van der Waals surface area contributed by atoms with Crippen LogP contribution >= 0.6 is 0 Å². The molecule has 0 saturated carbocycles. The van der Waals surface area contributed by atoms with E-state index in [0.29, 0.717) is 4.90 Å². The highest BCUT2D eigenvalue weighted by atomic mass is 16.6. The van der Waals surface area contributed by atoms with Gasteiger partial charge < -0.3 is 19.7 Å². The van der Waals surface area contributed by atoms with Crippen molar-refractivity contribution in [3.05, 3.63) is 0 Å². The highest BCUT2D eigenvalue weighted by Crippen LogP contribution is 2.23. The highest BCUT2D eigenvalue weighted by Gasteiger charge is 2.40. The summed E-state index contributed by atoms with van der Waals surface area (Å²) in [5.41, 5.74) is -1.76. The molecule has 0 radical (unpaired) electrons. The Morgan fingerprint density at radius 1 is 0.923 bits per heavy atom. The second-order valence-electron chi connectivity index (χ2n) is 8.69. The maximum absolute atomic E-state index is 12.6. The van der Waals surface area contributed by atoms with Crippen LogP contribution in [0.5, 0.6) is 0 Å². The fraction of sp³-hybridized carbons (Fsp3) is 0.833. The molecule has 8 heteroatoms. The number of hydrogen-bond donors (Lipinski definition) is 2. The van der Waals surface area contributed by atoms with Crippen LogP contribution in [0.3, 0.4) is 0 Å². The molecule has 0 aromatic heterocycles. The van der Waals surface area contributed by atoms with Crippen LogP contribution in [-0.2, 0) is 14.3 Å². The zero-order valence-corrected chi connectivity index (χ0v) is 17.0. The van der Waals surface area contributed by atoms with Crippen LogP contribution in [0.4, 0.5) is 9.59 Å². The molecule has 0 unspecified atom stereocenters. The Balaban J connectivity index is 5.87. The summed E-state index contributed by atoms with van der Waals surface area (Å²) in [6.45, 7) is 13.5. The topological polar surface area (TPSA) is 113 Å². The minimum atomic E-state index is -1.45. The molecule has 0 aliphatic rings. The van der Waals surface area contributed by atoms with Crippen LogP contribution in [-0.4, -0.2) is 56.6 Å². The van der Waals surface area contributed by atoms with Gasteiger partial charge in [-0.1, -0.05) is 13.8 Å². The van der Waals surface area contributed by atoms with Crippen molar-refractivity contribution >= 4 is 18.2 Å². The van der Waals surface area contributed by atoms with Crippen molar-refractivity contribution in [2.45, 2.75) is 91.6 Å². The van der Waals surface area contributed by atoms with Crippen LogP contribution in [0.1, 0.15) is 68.2 Å². The Morgan fingerprint density at radius 3 is 1.58 bits per heavy atom. The van der Waals surface area contributed by atoms with E-state index >= 15 is 0 Å². The Bertz CT molecular complexity index is 475. The van der Waals surface area contributed by atoms with Crippen molar-refractivity contribution in [3.63, 3.8) is 0 Å². The van der Waals surface area contributed by atoms with E-state index in [1.54, 1.807) is 41.5 Å². The fourth-order valence-electron chi connectivity index (χ4n) is 2.20. The molecule has 0 spiro atoms. The van der Waals surface area contributed by atoms with Crippen LogP contribution in [0, 0.1) is 5.92 Å². The first kappa shape index (κ1) is 24.2. The summed E-state index contributed by atoms with van der Waals surface area (Å²) in [4.78, 5) is 37.0. The molecule has 0 bridgehead atoms. The van der Waals surface area contributed by atoms with Crippen molar-refractivity contribution < 1.29 is 34.1 Å². The second kappa shape index (κ2) is 9.21. The van der Waals surface area contributed by atoms with Gasteiger partial charge in [0.2, 0.25) is 0 Å². The van der Waals surface area contributed by atoms with Gasteiger partial charge in [0, 0.05) is 0 Å². The van der Waals surface area contributed by atoms with Crippen LogP contribution in [0.15, 0.2) is 0 Å². The molecule has 0 aliphatic carbocycles. The summed E-state index contributed by atoms with van der Waals surface area (Å²) in [6, 6.07) is -1.09. The van der Waals surface area contributed by atoms with Crippen molar-refractivity contribution in [1.82, 2.24) is 4.90 Å². The minimum absolute atomic E-state index is 0.0178. The number of rotatable bonds is 6. The van der Waals surface area contributed by atoms with E-state index in [1.165, 1.54) is 0 Å². The van der Waals surface area contributed by atoms with Crippen molar-refractivity contribution in [1.29, 1.82) is 0 Å². The first-order valence-electron chi connectivity index (χ1n) is 8.68. The van der Waals surface area contributed by atoms with Gasteiger partial charge in [-0.25, -0.2) is 14.5 Å². The van der Waals surface area contributed by atoms with E-state index in [9.17, 15) is 19.5 Å². The SMILES string of the molecule is CC(C)C[C@@H]([C@@H](O)CC(=O)O)N(C(=O)OC(C)(C)C)C(=O)OC(C)(C)C. The fourth-order valence-corrected chi connectivity index (χ4v) is 2.20. The third-order valence-electron chi connectivity index (χ3n) is 3.05. The number of imide groups is 1. The third-order valence-corrected chi connectivity index (χ3v) is 3.05. The molecule has 0 aromatic carbocycles. The van der Waals surface area contributed by atoms with Gasteiger partial charge in [-0.15, -0.1) is 0 Å². The first-order chi connectivity index (χ1) is 11.5. The van der Waals surface area contributed by atoms with Gasteiger partial charge in [0.1, 0.15) is 11.2 Å². The lowest BCUT2D eigenvalue weighted by Gasteiger charge is -2.36. The molecule has 8 nitrogen and oxygen atoms in total. The summed E-state index contributed by atoms with van der Waals surface area (Å²) < 4.78 is 10.6. The lowest BCUT2D eigenvalue weighted by Crippen LogP contribution is -2.54. The Morgan fingerprint density at radius 2 is 1.31 bits per heavy atom. The van der Waals surface area contributed by atoms with Crippen LogP contribution < -0.4 is 0 Å². The summed E-state index contributed by atoms with van der Waals surface area (Å²) in [7, 11) is 0. The van der Waals surface area contributed by atoms with Crippen LogP contribution in [0.25, 0.3) is 0 Å². The summed E-state index contributed by atoms with van der Waals surface area (Å²) in [5, 5.41) is 19.3. The van der Waals surface area contributed by atoms with Crippen molar-refractivity contribution in [2.75, 3.05) is 0 Å². The number of carbonyl (C=O) groups excluding carboxylic acids is 2. The molecule has 2 amide bonds. The number of nitrogens with zero attached hydrogens (tertiary/aromatic N) is 1. The van der Waals surface area contributed by atoms with E-state index in [2.05, 4.69) is 0 Å². The van der Waals surface area contributed by atoms with Gasteiger partial charge in [-0.05, 0) is 53.9 Å². The van der Waals surface area contributed by atoms with E-state index in [1.807, 2.05) is 13.8 Å². The quantitative estimate of drug-likeness (QED) is 0.731. The number of carboxylic acids is 1. The van der Waals surface area contributed by atoms with Gasteiger partial charge in [0.25, 0.3) is 0 Å². The molecule has 0 rings (SSSR count). The average Bonchev–Trinajstić information content (AvgIpc) is 2.31. The number of aliphatic carboxylic acids is 1. The Kier molecular flexibility index (Phi) is 8.56. The lowest BCUT2D eigenvalue weighted by atomic mass is 9.96. The maximum atomic E-state index is 12.6. The predicted octanol–water partition coefficient (Wildman–Crippen LogP) is 3.41. The molecular formula is C18H33NO7. The second-order valence-corrected chi connectivity index (χ2v) is 8.69. The minimum Gasteiger partial charge on any atom is -0.481 e. The number of ether oxygens (including phenoxy) is 2. The molecule has 0 aliphatic heterocycles. The summed E-state index contributed by atoms with van der Waals surface area (Å²) in [5.74, 6) is -1.25. The van der Waals surface area contributed by atoms with Crippen molar-refractivity contribution in [2.24, 2.45) is 5.92 Å². The maximum Gasteiger partial charge on any atom is 0.420 e. The van der Waals surface area contributed by atoms with Gasteiger partial charge in [0.15, 0.2) is 0 Å². The number of amides is 2. The van der Waals surface area contributed by atoms with Crippen LogP contribution in [0.2, 0.25) is 0 Å². The average molecular weight is 375 g/mol. The lowest BCUT2D eigenvalue weighted by molar-refractivity contribution is -0.140. The molecule has 26 heavy (non-hydrogen) atoms. The third kappa shape index (κ3) is 9.60. The number of carboxylic acid groups (broad SMARTS) is 1. The molecule has 152 valence electrons. The molecule has 2 N–H and O–H groups in total. The monoisotopic (exact) mass is 375 g/mol. The molecule has 0 saturated heterocycles. The Labute approximate surface area is 155 Å². The first-order valence-corrected chi connectivity index (χ1v) is 8.68. The van der Waals surface area contributed by atoms with Gasteiger partial charge >= 0.3 is 18.2 Å². The van der Waals surface area contributed by atoms with E-state index in [4.69, 9.17) is 14.6 Å².